The lowest BCUT2D eigenvalue weighted by Crippen LogP contribution is -2.07. The molecule has 0 unspecified atom stereocenters. The number of rotatable bonds is 3. The zero-order chi connectivity index (χ0) is 15.5. The van der Waals surface area contributed by atoms with Crippen LogP contribution in [0.5, 0.6) is 0 Å². The second-order valence-corrected chi connectivity index (χ2v) is 6.07. The molecule has 2 aromatic rings. The van der Waals surface area contributed by atoms with Crippen molar-refractivity contribution >= 4 is 23.3 Å². The SMILES string of the molecule is COC(=O)c1ccc2c(c1)C(c1ccccc1SC)=CCC2. The predicted molar refractivity (Wildman–Crippen MR) is 91.4 cm³/mol. The molecule has 0 spiro atoms. The Hall–Kier alpha value is -2.00. The Morgan fingerprint density at radius 3 is 2.73 bits per heavy atom. The molecule has 0 N–H and O–H groups in total. The summed E-state index contributed by atoms with van der Waals surface area (Å²) in [5, 5.41) is 0. The molecule has 0 fully saturated rings. The van der Waals surface area contributed by atoms with Gasteiger partial charge in [-0.25, -0.2) is 4.79 Å². The zero-order valence-corrected chi connectivity index (χ0v) is 13.6. The van der Waals surface area contributed by atoms with Crippen molar-refractivity contribution in [2.24, 2.45) is 0 Å². The van der Waals surface area contributed by atoms with Gasteiger partial charge in [-0.1, -0.05) is 30.3 Å². The fourth-order valence-corrected chi connectivity index (χ4v) is 3.51. The summed E-state index contributed by atoms with van der Waals surface area (Å²) in [4.78, 5) is 13.1. The van der Waals surface area contributed by atoms with Gasteiger partial charge in [0.1, 0.15) is 0 Å². The highest BCUT2D eigenvalue weighted by atomic mass is 32.2. The Balaban J connectivity index is 2.13. The average Bonchev–Trinajstić information content (AvgIpc) is 2.60. The smallest absolute Gasteiger partial charge is 0.337 e. The molecule has 0 heterocycles. The second kappa shape index (κ2) is 6.41. The predicted octanol–water partition coefficient (Wildman–Crippen LogP) is 4.57. The van der Waals surface area contributed by atoms with Crippen molar-refractivity contribution in [2.75, 3.05) is 13.4 Å². The number of aryl methyl sites for hydroxylation is 1. The molecular weight excluding hydrogens is 292 g/mol. The van der Waals surface area contributed by atoms with Crippen molar-refractivity contribution < 1.29 is 9.53 Å². The van der Waals surface area contributed by atoms with Crippen LogP contribution >= 0.6 is 11.8 Å². The summed E-state index contributed by atoms with van der Waals surface area (Å²) in [6.07, 6.45) is 6.41. The number of thioether (sulfide) groups is 1. The van der Waals surface area contributed by atoms with Gasteiger partial charge in [0, 0.05) is 4.90 Å². The summed E-state index contributed by atoms with van der Waals surface area (Å²) < 4.78 is 4.85. The van der Waals surface area contributed by atoms with Crippen LogP contribution in [0.2, 0.25) is 0 Å². The molecule has 0 saturated heterocycles. The number of carbonyl (C=O) groups is 1. The van der Waals surface area contributed by atoms with E-state index in [9.17, 15) is 4.79 Å². The fraction of sp³-hybridized carbons (Fsp3) is 0.211. The van der Waals surface area contributed by atoms with Gasteiger partial charge in [-0.3, -0.25) is 0 Å². The lowest BCUT2D eigenvalue weighted by molar-refractivity contribution is 0.0600. The van der Waals surface area contributed by atoms with Crippen molar-refractivity contribution in [2.45, 2.75) is 17.7 Å². The van der Waals surface area contributed by atoms with E-state index in [2.05, 4.69) is 42.7 Å². The van der Waals surface area contributed by atoms with Crippen LogP contribution in [-0.4, -0.2) is 19.3 Å². The average molecular weight is 310 g/mol. The Labute approximate surface area is 135 Å². The van der Waals surface area contributed by atoms with E-state index < -0.39 is 0 Å². The van der Waals surface area contributed by atoms with E-state index in [1.165, 1.54) is 28.7 Å². The fourth-order valence-electron chi connectivity index (χ4n) is 2.89. The lowest BCUT2D eigenvalue weighted by atomic mass is 9.86. The molecule has 0 bridgehead atoms. The molecule has 0 atom stereocenters. The number of allylic oxidation sites excluding steroid dienone is 1. The van der Waals surface area contributed by atoms with E-state index in [4.69, 9.17) is 4.74 Å². The molecule has 3 rings (SSSR count). The third-order valence-corrected chi connectivity index (χ3v) is 4.78. The van der Waals surface area contributed by atoms with Crippen LogP contribution in [-0.2, 0) is 11.2 Å². The Kier molecular flexibility index (Phi) is 4.34. The van der Waals surface area contributed by atoms with Gasteiger partial charge in [-0.15, -0.1) is 11.8 Å². The quantitative estimate of drug-likeness (QED) is 0.613. The number of carbonyl (C=O) groups excluding carboxylic acids is 1. The largest absolute Gasteiger partial charge is 0.465 e. The molecular formula is C19H18O2S. The molecule has 3 heteroatoms. The highest BCUT2D eigenvalue weighted by molar-refractivity contribution is 7.98. The van der Waals surface area contributed by atoms with Crippen molar-refractivity contribution in [3.05, 3.63) is 70.8 Å². The number of ether oxygens (including phenoxy) is 1. The van der Waals surface area contributed by atoms with Crippen LogP contribution in [0.3, 0.4) is 0 Å². The van der Waals surface area contributed by atoms with Crippen LogP contribution < -0.4 is 0 Å². The second-order valence-electron chi connectivity index (χ2n) is 5.22. The first kappa shape index (κ1) is 14.9. The number of hydrogen-bond donors (Lipinski definition) is 0. The van der Waals surface area contributed by atoms with Gasteiger partial charge in [-0.05, 0) is 59.6 Å². The maximum atomic E-state index is 11.8. The van der Waals surface area contributed by atoms with Crippen molar-refractivity contribution in [1.29, 1.82) is 0 Å². The first-order valence-electron chi connectivity index (χ1n) is 7.29. The Morgan fingerprint density at radius 1 is 1.14 bits per heavy atom. The maximum absolute atomic E-state index is 11.8. The van der Waals surface area contributed by atoms with Gasteiger partial charge in [-0.2, -0.15) is 0 Å². The van der Waals surface area contributed by atoms with Crippen molar-refractivity contribution in [3.63, 3.8) is 0 Å². The minimum absolute atomic E-state index is 0.286. The third-order valence-electron chi connectivity index (χ3n) is 3.98. The van der Waals surface area contributed by atoms with Crippen LogP contribution in [0, 0.1) is 0 Å². The topological polar surface area (TPSA) is 26.3 Å². The van der Waals surface area contributed by atoms with Gasteiger partial charge in [0.05, 0.1) is 12.7 Å². The molecule has 0 amide bonds. The van der Waals surface area contributed by atoms with Crippen molar-refractivity contribution in [1.82, 2.24) is 0 Å². The van der Waals surface area contributed by atoms with E-state index in [-0.39, 0.29) is 5.97 Å². The molecule has 22 heavy (non-hydrogen) atoms. The van der Waals surface area contributed by atoms with Crippen molar-refractivity contribution in [3.8, 4) is 0 Å². The van der Waals surface area contributed by atoms with Gasteiger partial charge in [0.25, 0.3) is 0 Å². The lowest BCUT2D eigenvalue weighted by Gasteiger charge is -2.20. The normalized spacial score (nSPS) is 13.3. The van der Waals surface area contributed by atoms with Gasteiger partial charge >= 0.3 is 5.97 Å². The number of hydrogen-bond acceptors (Lipinski definition) is 3. The highest BCUT2D eigenvalue weighted by Crippen LogP contribution is 2.36. The summed E-state index contributed by atoms with van der Waals surface area (Å²) >= 11 is 1.75. The molecule has 112 valence electrons. The minimum Gasteiger partial charge on any atom is -0.465 e. The minimum atomic E-state index is -0.286. The Bertz CT molecular complexity index is 747. The van der Waals surface area contributed by atoms with Crippen LogP contribution in [0.1, 0.15) is 33.5 Å². The summed E-state index contributed by atoms with van der Waals surface area (Å²) in [5.41, 5.74) is 5.50. The molecule has 1 aliphatic rings. The van der Waals surface area contributed by atoms with E-state index >= 15 is 0 Å². The molecule has 2 aromatic carbocycles. The number of benzene rings is 2. The van der Waals surface area contributed by atoms with Crippen LogP contribution in [0.25, 0.3) is 5.57 Å². The van der Waals surface area contributed by atoms with E-state index in [1.54, 1.807) is 11.8 Å². The highest BCUT2D eigenvalue weighted by Gasteiger charge is 2.18. The van der Waals surface area contributed by atoms with Gasteiger partial charge in [0.15, 0.2) is 0 Å². The monoisotopic (exact) mass is 310 g/mol. The van der Waals surface area contributed by atoms with E-state index in [0.29, 0.717) is 5.56 Å². The molecule has 2 nitrogen and oxygen atoms in total. The Morgan fingerprint density at radius 2 is 1.95 bits per heavy atom. The van der Waals surface area contributed by atoms with Crippen LogP contribution in [0.4, 0.5) is 0 Å². The van der Waals surface area contributed by atoms with E-state index in [1.807, 2.05) is 12.1 Å². The zero-order valence-electron chi connectivity index (χ0n) is 12.8. The summed E-state index contributed by atoms with van der Waals surface area (Å²) in [6, 6.07) is 14.3. The number of fused-ring (bicyclic) bond motifs is 1. The summed E-state index contributed by atoms with van der Waals surface area (Å²) in [5.74, 6) is -0.286. The summed E-state index contributed by atoms with van der Waals surface area (Å²) in [7, 11) is 1.42. The van der Waals surface area contributed by atoms with Crippen LogP contribution in [0.15, 0.2) is 53.4 Å². The number of esters is 1. The molecule has 0 aliphatic heterocycles. The standard InChI is InChI=1S/C19H18O2S/c1-21-19(20)14-11-10-13-6-5-8-15(17(13)12-14)16-7-3-4-9-18(16)22-2/h3-4,7-12H,5-6H2,1-2H3. The first-order chi connectivity index (χ1) is 10.7. The summed E-state index contributed by atoms with van der Waals surface area (Å²) in [6.45, 7) is 0. The van der Waals surface area contributed by atoms with Gasteiger partial charge < -0.3 is 4.74 Å². The molecule has 0 saturated carbocycles. The molecule has 1 aliphatic carbocycles. The molecule has 0 radical (unpaired) electrons. The number of methoxy groups -OCH3 is 1. The maximum Gasteiger partial charge on any atom is 0.337 e. The third kappa shape index (κ3) is 2.69. The first-order valence-corrected chi connectivity index (χ1v) is 8.52. The van der Waals surface area contributed by atoms with E-state index in [0.717, 1.165) is 18.4 Å². The van der Waals surface area contributed by atoms with Gasteiger partial charge in [0.2, 0.25) is 0 Å². The molecule has 0 aromatic heterocycles.